The van der Waals surface area contributed by atoms with Gasteiger partial charge in [0.1, 0.15) is 5.82 Å². The molecule has 1 N–H and O–H groups in total. The van der Waals surface area contributed by atoms with E-state index in [4.69, 9.17) is 0 Å². The van der Waals surface area contributed by atoms with Crippen molar-refractivity contribution in [1.29, 1.82) is 0 Å². The van der Waals surface area contributed by atoms with Crippen molar-refractivity contribution in [2.45, 2.75) is 38.3 Å². The van der Waals surface area contributed by atoms with Gasteiger partial charge in [-0.1, -0.05) is 25.1 Å². The normalized spacial score (nSPS) is 19.9. The molecule has 1 heterocycles. The summed E-state index contributed by atoms with van der Waals surface area (Å²) < 4.78 is 13.8. The predicted octanol–water partition coefficient (Wildman–Crippen LogP) is 2.96. The van der Waals surface area contributed by atoms with Gasteiger partial charge in [-0.2, -0.15) is 0 Å². The second-order valence-electron chi connectivity index (χ2n) is 5.23. The molecule has 1 saturated heterocycles. The van der Waals surface area contributed by atoms with Crippen molar-refractivity contribution in [3.8, 4) is 0 Å². The molecule has 2 rings (SSSR count). The number of hydrogen-bond donors (Lipinski definition) is 1. The molecule has 0 bridgehead atoms. The van der Waals surface area contributed by atoms with Gasteiger partial charge in [0.05, 0.1) is 0 Å². The average Bonchev–Trinajstić information content (AvgIpc) is 2.39. The maximum Gasteiger partial charge on any atom is 0.127 e. The van der Waals surface area contributed by atoms with E-state index >= 15 is 0 Å². The van der Waals surface area contributed by atoms with Crippen molar-refractivity contribution in [2.75, 3.05) is 20.1 Å². The lowest BCUT2D eigenvalue weighted by atomic mass is 9.99. The molecular weight excluding hydrogens is 227 g/mol. The van der Waals surface area contributed by atoms with Gasteiger partial charge in [0.15, 0.2) is 0 Å². The zero-order chi connectivity index (χ0) is 13.0. The van der Waals surface area contributed by atoms with Crippen molar-refractivity contribution >= 4 is 0 Å². The first kappa shape index (κ1) is 13.5. The fourth-order valence-electron chi connectivity index (χ4n) is 2.65. The molecule has 1 aromatic rings. The number of nitrogens with zero attached hydrogens (tertiary/aromatic N) is 1. The Morgan fingerprint density at radius 3 is 2.61 bits per heavy atom. The van der Waals surface area contributed by atoms with Gasteiger partial charge in [0.25, 0.3) is 0 Å². The second-order valence-corrected chi connectivity index (χ2v) is 5.23. The number of hydrogen-bond acceptors (Lipinski definition) is 2. The number of likely N-dealkylation sites (tertiary alicyclic amines) is 1. The van der Waals surface area contributed by atoms with Gasteiger partial charge in [-0.15, -0.1) is 0 Å². The Morgan fingerprint density at radius 1 is 1.33 bits per heavy atom. The summed E-state index contributed by atoms with van der Waals surface area (Å²) in [6, 6.07) is 7.77. The van der Waals surface area contributed by atoms with E-state index in [0.29, 0.717) is 6.04 Å². The van der Waals surface area contributed by atoms with Gasteiger partial charge in [-0.25, -0.2) is 4.39 Å². The molecule has 1 unspecified atom stereocenters. The van der Waals surface area contributed by atoms with Crippen molar-refractivity contribution in [1.82, 2.24) is 10.2 Å². The van der Waals surface area contributed by atoms with Gasteiger partial charge >= 0.3 is 0 Å². The molecule has 0 radical (unpaired) electrons. The lowest BCUT2D eigenvalue weighted by molar-refractivity contribution is 0.222. The van der Waals surface area contributed by atoms with Crippen LogP contribution in [0, 0.1) is 5.82 Å². The summed E-state index contributed by atoms with van der Waals surface area (Å²) in [5, 5.41) is 3.62. The van der Waals surface area contributed by atoms with Gasteiger partial charge < -0.3 is 10.2 Å². The summed E-state index contributed by atoms with van der Waals surface area (Å²) in [6.45, 7) is 4.37. The molecule has 0 aliphatic carbocycles. The van der Waals surface area contributed by atoms with Crippen LogP contribution < -0.4 is 5.32 Å². The second kappa shape index (κ2) is 6.30. The topological polar surface area (TPSA) is 15.3 Å². The summed E-state index contributed by atoms with van der Waals surface area (Å²) in [7, 11) is 2.16. The molecule has 0 spiro atoms. The number of piperidine rings is 1. The minimum atomic E-state index is -0.0928. The van der Waals surface area contributed by atoms with Crippen molar-refractivity contribution in [3.63, 3.8) is 0 Å². The van der Waals surface area contributed by atoms with Crippen LogP contribution >= 0.6 is 0 Å². The molecule has 18 heavy (non-hydrogen) atoms. The lowest BCUT2D eigenvalue weighted by Gasteiger charge is -2.32. The summed E-state index contributed by atoms with van der Waals surface area (Å²) in [4.78, 5) is 2.35. The Labute approximate surface area is 109 Å². The molecule has 1 aromatic carbocycles. The summed E-state index contributed by atoms with van der Waals surface area (Å²) >= 11 is 0. The molecule has 3 heteroatoms. The van der Waals surface area contributed by atoms with Crippen LogP contribution in [0.4, 0.5) is 4.39 Å². The van der Waals surface area contributed by atoms with Crippen LogP contribution in [0.15, 0.2) is 24.3 Å². The van der Waals surface area contributed by atoms with E-state index in [1.807, 2.05) is 12.1 Å². The monoisotopic (exact) mass is 250 g/mol. The molecule has 0 saturated carbocycles. The molecule has 1 aliphatic heterocycles. The van der Waals surface area contributed by atoms with Gasteiger partial charge in [0, 0.05) is 17.6 Å². The van der Waals surface area contributed by atoms with E-state index < -0.39 is 0 Å². The average molecular weight is 250 g/mol. The zero-order valence-corrected chi connectivity index (χ0v) is 11.3. The Balaban J connectivity index is 1.99. The molecule has 2 nitrogen and oxygen atoms in total. The van der Waals surface area contributed by atoms with Crippen molar-refractivity contribution in [2.24, 2.45) is 0 Å². The van der Waals surface area contributed by atoms with Crippen LogP contribution in [0.3, 0.4) is 0 Å². The molecule has 1 fully saturated rings. The highest BCUT2D eigenvalue weighted by Crippen LogP contribution is 2.22. The molecule has 1 atom stereocenters. The van der Waals surface area contributed by atoms with Crippen LogP contribution in [0.25, 0.3) is 0 Å². The van der Waals surface area contributed by atoms with Crippen LogP contribution in [0.5, 0.6) is 0 Å². The van der Waals surface area contributed by atoms with E-state index in [2.05, 4.69) is 24.2 Å². The summed E-state index contributed by atoms with van der Waals surface area (Å²) in [5.41, 5.74) is 0.805. The fraction of sp³-hybridized carbons (Fsp3) is 0.600. The minimum absolute atomic E-state index is 0.0928. The van der Waals surface area contributed by atoms with E-state index in [1.54, 1.807) is 12.1 Å². The zero-order valence-electron chi connectivity index (χ0n) is 11.3. The number of benzene rings is 1. The van der Waals surface area contributed by atoms with E-state index in [-0.39, 0.29) is 11.9 Å². The van der Waals surface area contributed by atoms with Crippen LogP contribution in [-0.4, -0.2) is 31.1 Å². The first-order valence-corrected chi connectivity index (χ1v) is 6.89. The smallest absolute Gasteiger partial charge is 0.127 e. The largest absolute Gasteiger partial charge is 0.307 e. The maximum absolute atomic E-state index is 13.8. The van der Waals surface area contributed by atoms with Gasteiger partial charge in [-0.3, -0.25) is 0 Å². The highest BCUT2D eigenvalue weighted by molar-refractivity contribution is 5.21. The van der Waals surface area contributed by atoms with E-state index in [0.717, 1.165) is 37.9 Å². The standard InChI is InChI=1S/C15H23FN2/c1-3-15(13-6-4-5-7-14(13)16)17-12-8-10-18(2)11-9-12/h4-7,12,15,17H,3,8-11H2,1-2H3. The van der Waals surface area contributed by atoms with Crippen LogP contribution in [0.2, 0.25) is 0 Å². The first-order chi connectivity index (χ1) is 8.70. The van der Waals surface area contributed by atoms with Gasteiger partial charge in [0.2, 0.25) is 0 Å². The third kappa shape index (κ3) is 3.30. The predicted molar refractivity (Wildman–Crippen MR) is 73.1 cm³/mol. The highest BCUT2D eigenvalue weighted by Gasteiger charge is 2.21. The van der Waals surface area contributed by atoms with E-state index in [9.17, 15) is 4.39 Å². The lowest BCUT2D eigenvalue weighted by Crippen LogP contribution is -2.42. The Morgan fingerprint density at radius 2 is 2.00 bits per heavy atom. The maximum atomic E-state index is 13.8. The third-order valence-corrected chi connectivity index (χ3v) is 3.84. The number of nitrogens with one attached hydrogen (secondary N) is 1. The van der Waals surface area contributed by atoms with Crippen LogP contribution in [-0.2, 0) is 0 Å². The Bertz CT molecular complexity index is 373. The Kier molecular flexibility index (Phi) is 4.72. The molecule has 0 aromatic heterocycles. The Hall–Kier alpha value is -0.930. The third-order valence-electron chi connectivity index (χ3n) is 3.84. The van der Waals surface area contributed by atoms with Crippen LogP contribution in [0.1, 0.15) is 37.8 Å². The minimum Gasteiger partial charge on any atom is -0.307 e. The fourth-order valence-corrected chi connectivity index (χ4v) is 2.65. The van der Waals surface area contributed by atoms with Crippen molar-refractivity contribution in [3.05, 3.63) is 35.6 Å². The summed E-state index contributed by atoms with van der Waals surface area (Å²) in [6.07, 6.45) is 3.23. The SMILES string of the molecule is CCC(NC1CCN(C)CC1)c1ccccc1F. The number of halogens is 1. The van der Waals surface area contributed by atoms with E-state index in [1.165, 1.54) is 0 Å². The highest BCUT2D eigenvalue weighted by atomic mass is 19.1. The summed E-state index contributed by atoms with van der Waals surface area (Å²) in [5.74, 6) is -0.0928. The molecule has 0 amide bonds. The van der Waals surface area contributed by atoms with Crippen molar-refractivity contribution < 1.29 is 4.39 Å². The number of rotatable bonds is 4. The molecular formula is C15H23FN2. The molecule has 1 aliphatic rings. The molecule has 100 valence electrons. The van der Waals surface area contributed by atoms with Gasteiger partial charge in [-0.05, 0) is 45.5 Å². The quantitative estimate of drug-likeness (QED) is 0.884. The first-order valence-electron chi connectivity index (χ1n) is 6.89.